The summed E-state index contributed by atoms with van der Waals surface area (Å²) in [7, 11) is 0. The Morgan fingerprint density at radius 3 is 2.36 bits per heavy atom. The molecule has 0 fully saturated rings. The second-order valence-corrected chi connectivity index (χ2v) is 8.05. The van der Waals surface area contributed by atoms with Crippen LogP contribution in [0.15, 0.2) is 59.4 Å². The van der Waals surface area contributed by atoms with Crippen molar-refractivity contribution in [2.75, 3.05) is 17.6 Å². The number of aliphatic carboxylic acids is 2. The van der Waals surface area contributed by atoms with Crippen molar-refractivity contribution in [2.45, 2.75) is 31.7 Å². The van der Waals surface area contributed by atoms with Crippen LogP contribution in [0, 0.1) is 0 Å². The molecule has 0 aliphatic carbocycles. The Balaban J connectivity index is 1.56. The molecule has 0 spiro atoms. The van der Waals surface area contributed by atoms with Gasteiger partial charge in [0.25, 0.3) is 11.5 Å². The number of carboxylic acid groups (broad SMARTS) is 2. The van der Waals surface area contributed by atoms with Crippen LogP contribution in [0.3, 0.4) is 0 Å². The van der Waals surface area contributed by atoms with Crippen LogP contribution in [0.2, 0.25) is 0 Å². The highest BCUT2D eigenvalue weighted by Crippen LogP contribution is 2.20. The molecule has 1 heterocycles. The molecule has 0 aliphatic rings. The molecule has 2 aromatic carbocycles. The third kappa shape index (κ3) is 7.16. The summed E-state index contributed by atoms with van der Waals surface area (Å²) in [6.07, 6.45) is 0.507. The minimum atomic E-state index is -1.30. The third-order valence-corrected chi connectivity index (χ3v) is 5.41. The standard InChI is InChI=1S/C25H27N5O6/c26-25-29-21(15-5-2-1-3-6-15)18(23(34)30-25)7-4-14-27-17-10-8-16(9-11-17)22(33)28-19(24(35)36)12-13-20(31)32/h1-3,5-6,8-11,19,27H,4,7,12-14H2,(H,28,33)(H,31,32)(H,35,36)(H3,26,29,30,34)/t19-/m1/s1. The van der Waals surface area contributed by atoms with Gasteiger partial charge in [0.2, 0.25) is 5.95 Å². The van der Waals surface area contributed by atoms with E-state index in [0.29, 0.717) is 30.6 Å². The van der Waals surface area contributed by atoms with Gasteiger partial charge in [-0.3, -0.25) is 19.4 Å². The van der Waals surface area contributed by atoms with Gasteiger partial charge in [-0.15, -0.1) is 0 Å². The number of nitrogens with zero attached hydrogens (tertiary/aromatic N) is 1. The number of hydrogen-bond donors (Lipinski definition) is 6. The van der Waals surface area contributed by atoms with Gasteiger partial charge < -0.3 is 26.6 Å². The number of nitrogen functional groups attached to an aromatic ring is 1. The number of carbonyl (C=O) groups excluding carboxylic acids is 1. The average Bonchev–Trinajstić information content (AvgIpc) is 2.85. The molecule has 0 saturated carbocycles. The lowest BCUT2D eigenvalue weighted by Gasteiger charge is -2.14. The number of amides is 1. The fourth-order valence-electron chi connectivity index (χ4n) is 3.59. The first-order chi connectivity index (χ1) is 17.2. The summed E-state index contributed by atoms with van der Waals surface area (Å²) < 4.78 is 0. The summed E-state index contributed by atoms with van der Waals surface area (Å²) in [5.41, 5.74) is 8.34. The Morgan fingerprint density at radius 1 is 1.03 bits per heavy atom. The van der Waals surface area contributed by atoms with Crippen LogP contribution in [0.25, 0.3) is 11.3 Å². The number of carboxylic acids is 2. The van der Waals surface area contributed by atoms with E-state index in [0.717, 1.165) is 11.3 Å². The van der Waals surface area contributed by atoms with E-state index in [2.05, 4.69) is 20.6 Å². The van der Waals surface area contributed by atoms with Crippen LogP contribution < -0.4 is 21.9 Å². The fraction of sp³-hybridized carbons (Fsp3) is 0.240. The van der Waals surface area contributed by atoms with Crippen LogP contribution in [0.1, 0.15) is 35.2 Å². The maximum Gasteiger partial charge on any atom is 0.326 e. The topological polar surface area (TPSA) is 187 Å². The van der Waals surface area contributed by atoms with Gasteiger partial charge in [0.05, 0.1) is 5.69 Å². The van der Waals surface area contributed by atoms with Crippen molar-refractivity contribution < 1.29 is 24.6 Å². The van der Waals surface area contributed by atoms with Gasteiger partial charge in [-0.05, 0) is 43.5 Å². The molecule has 1 amide bonds. The zero-order chi connectivity index (χ0) is 26.1. The molecule has 36 heavy (non-hydrogen) atoms. The largest absolute Gasteiger partial charge is 0.481 e. The SMILES string of the molecule is Nc1nc(-c2ccccc2)c(CCCNc2ccc(C(=O)N[C@H](CCC(=O)O)C(=O)O)cc2)c(=O)[nH]1. The van der Waals surface area contributed by atoms with Gasteiger partial charge in [-0.1, -0.05) is 30.3 Å². The van der Waals surface area contributed by atoms with Crippen molar-refractivity contribution in [1.82, 2.24) is 15.3 Å². The molecule has 11 heteroatoms. The highest BCUT2D eigenvalue weighted by atomic mass is 16.4. The summed E-state index contributed by atoms with van der Waals surface area (Å²) in [6, 6.07) is 14.5. The Hall–Kier alpha value is -4.67. The minimum absolute atomic E-state index is 0.0569. The van der Waals surface area contributed by atoms with E-state index < -0.39 is 23.9 Å². The van der Waals surface area contributed by atoms with Crippen molar-refractivity contribution in [2.24, 2.45) is 0 Å². The predicted molar refractivity (Wildman–Crippen MR) is 134 cm³/mol. The summed E-state index contributed by atoms with van der Waals surface area (Å²) >= 11 is 0. The average molecular weight is 494 g/mol. The molecule has 7 N–H and O–H groups in total. The first kappa shape index (κ1) is 25.9. The molecule has 0 radical (unpaired) electrons. The molecule has 1 atom stereocenters. The van der Waals surface area contributed by atoms with Crippen molar-refractivity contribution in [3.05, 3.63) is 76.1 Å². The molecule has 188 valence electrons. The molecule has 11 nitrogen and oxygen atoms in total. The quantitative estimate of drug-likeness (QED) is 0.205. The van der Waals surface area contributed by atoms with Crippen LogP contribution in [-0.4, -0.2) is 50.6 Å². The van der Waals surface area contributed by atoms with Gasteiger partial charge in [0.15, 0.2) is 0 Å². The first-order valence-corrected chi connectivity index (χ1v) is 11.3. The highest BCUT2D eigenvalue weighted by molar-refractivity contribution is 5.96. The number of hydrogen-bond acceptors (Lipinski definition) is 7. The number of nitrogens with one attached hydrogen (secondary N) is 3. The van der Waals surface area contributed by atoms with Crippen molar-refractivity contribution >= 4 is 29.5 Å². The molecule has 0 unspecified atom stereocenters. The smallest absolute Gasteiger partial charge is 0.326 e. The Kier molecular flexibility index (Phi) is 8.76. The molecular formula is C25H27N5O6. The van der Waals surface area contributed by atoms with Gasteiger partial charge >= 0.3 is 11.9 Å². The molecule has 0 bridgehead atoms. The monoisotopic (exact) mass is 493 g/mol. The maximum absolute atomic E-state index is 12.5. The number of carbonyl (C=O) groups is 3. The van der Waals surface area contributed by atoms with Crippen molar-refractivity contribution in [1.29, 1.82) is 0 Å². The van der Waals surface area contributed by atoms with Crippen LogP contribution in [0.5, 0.6) is 0 Å². The number of nitrogens with two attached hydrogens (primary N) is 1. The zero-order valence-corrected chi connectivity index (χ0v) is 19.4. The van der Waals surface area contributed by atoms with Crippen LogP contribution in [-0.2, 0) is 16.0 Å². The van der Waals surface area contributed by atoms with Crippen LogP contribution >= 0.6 is 0 Å². The van der Waals surface area contributed by atoms with E-state index in [1.807, 2.05) is 30.3 Å². The molecular weight excluding hydrogens is 466 g/mol. The highest BCUT2D eigenvalue weighted by Gasteiger charge is 2.21. The number of benzene rings is 2. The second-order valence-electron chi connectivity index (χ2n) is 8.05. The van der Waals surface area contributed by atoms with Crippen LogP contribution in [0.4, 0.5) is 11.6 Å². The summed E-state index contributed by atoms with van der Waals surface area (Å²) in [6.45, 7) is 0.542. The first-order valence-electron chi connectivity index (χ1n) is 11.3. The second kappa shape index (κ2) is 12.2. The zero-order valence-electron chi connectivity index (χ0n) is 19.4. The Bertz CT molecular complexity index is 1270. The minimum Gasteiger partial charge on any atom is -0.481 e. The van der Waals surface area contributed by atoms with E-state index in [-0.39, 0.29) is 29.9 Å². The number of aromatic amines is 1. The summed E-state index contributed by atoms with van der Waals surface area (Å²) in [5, 5.41) is 23.5. The third-order valence-electron chi connectivity index (χ3n) is 5.41. The van der Waals surface area contributed by atoms with E-state index in [9.17, 15) is 24.3 Å². The molecule has 1 aromatic heterocycles. The number of aromatic nitrogens is 2. The van der Waals surface area contributed by atoms with Gasteiger partial charge in [0, 0.05) is 35.3 Å². The van der Waals surface area contributed by atoms with Gasteiger partial charge in [-0.25, -0.2) is 9.78 Å². The molecule has 0 aliphatic heterocycles. The number of anilines is 2. The lowest BCUT2D eigenvalue weighted by molar-refractivity contribution is -0.140. The van der Waals surface area contributed by atoms with E-state index in [1.54, 1.807) is 12.1 Å². The van der Waals surface area contributed by atoms with E-state index in [4.69, 9.17) is 10.8 Å². The van der Waals surface area contributed by atoms with Gasteiger partial charge in [-0.2, -0.15) is 0 Å². The summed E-state index contributed by atoms with van der Waals surface area (Å²) in [4.78, 5) is 53.7. The fourth-order valence-corrected chi connectivity index (χ4v) is 3.59. The Morgan fingerprint density at radius 2 is 1.72 bits per heavy atom. The van der Waals surface area contributed by atoms with Gasteiger partial charge in [0.1, 0.15) is 6.04 Å². The predicted octanol–water partition coefficient (Wildman–Crippen LogP) is 2.11. The molecule has 0 saturated heterocycles. The maximum atomic E-state index is 12.5. The normalized spacial score (nSPS) is 11.4. The van der Waals surface area contributed by atoms with Crippen molar-refractivity contribution in [3.8, 4) is 11.3 Å². The Labute approximate surface area is 206 Å². The lowest BCUT2D eigenvalue weighted by Crippen LogP contribution is -2.41. The summed E-state index contributed by atoms with van der Waals surface area (Å²) in [5.74, 6) is -2.99. The molecule has 3 aromatic rings. The van der Waals surface area contributed by atoms with E-state index >= 15 is 0 Å². The molecule has 3 rings (SSSR count). The number of rotatable bonds is 12. The van der Waals surface area contributed by atoms with Crippen molar-refractivity contribution in [3.63, 3.8) is 0 Å². The number of H-pyrrole nitrogens is 1. The van der Waals surface area contributed by atoms with E-state index in [1.165, 1.54) is 12.1 Å². The lowest BCUT2D eigenvalue weighted by atomic mass is 10.0.